The van der Waals surface area contributed by atoms with Gasteiger partial charge in [-0.25, -0.2) is 0 Å². The molecule has 0 aromatic heterocycles. The van der Waals surface area contributed by atoms with Gasteiger partial charge in [0.1, 0.15) is 5.75 Å². The number of hydrogen-bond acceptors (Lipinski definition) is 4. The van der Waals surface area contributed by atoms with E-state index in [1.807, 2.05) is 6.07 Å². The Hall–Kier alpha value is -1.11. The van der Waals surface area contributed by atoms with Crippen molar-refractivity contribution in [1.29, 1.82) is 0 Å². The number of benzene rings is 1. The molecule has 1 saturated heterocycles. The van der Waals surface area contributed by atoms with Crippen LogP contribution in [-0.2, 0) is 14.3 Å². The highest BCUT2D eigenvalue weighted by molar-refractivity contribution is 9.10. The van der Waals surface area contributed by atoms with Crippen LogP contribution in [0.15, 0.2) is 22.7 Å². The summed E-state index contributed by atoms with van der Waals surface area (Å²) in [6.07, 6.45) is -0.567. The van der Waals surface area contributed by atoms with Gasteiger partial charge in [-0.1, -0.05) is 15.9 Å². The summed E-state index contributed by atoms with van der Waals surface area (Å²) in [7, 11) is 1.55. The van der Waals surface area contributed by atoms with Gasteiger partial charge in [0.05, 0.1) is 32.6 Å². The molecular weight excluding hydrogens is 302 g/mol. The smallest absolute Gasteiger partial charge is 0.256 e. The zero-order chi connectivity index (χ0) is 13.0. The van der Waals surface area contributed by atoms with E-state index in [0.717, 1.165) is 4.47 Å². The zero-order valence-electron chi connectivity index (χ0n) is 9.94. The monoisotopic (exact) mass is 315 g/mol. The highest BCUT2D eigenvalue weighted by Gasteiger charge is 2.23. The molecule has 1 aromatic rings. The van der Waals surface area contributed by atoms with Crippen LogP contribution in [0, 0.1) is 0 Å². The number of carbonyl (C=O) groups excluding carboxylic acids is 1. The summed E-state index contributed by atoms with van der Waals surface area (Å²) in [5, 5.41) is 2.77. The fourth-order valence-corrected chi connectivity index (χ4v) is 1.99. The number of carbonyl (C=O) groups is 1. The molecule has 98 valence electrons. The molecule has 0 aliphatic carbocycles. The van der Waals surface area contributed by atoms with Crippen LogP contribution in [0.5, 0.6) is 5.75 Å². The second kappa shape index (κ2) is 6.17. The Labute approximate surface area is 114 Å². The van der Waals surface area contributed by atoms with E-state index in [4.69, 9.17) is 14.2 Å². The topological polar surface area (TPSA) is 56.8 Å². The van der Waals surface area contributed by atoms with Crippen LogP contribution < -0.4 is 10.1 Å². The maximum absolute atomic E-state index is 12.0. The summed E-state index contributed by atoms with van der Waals surface area (Å²) in [5.74, 6) is 0.370. The first-order valence-corrected chi connectivity index (χ1v) is 6.34. The largest absolute Gasteiger partial charge is 0.495 e. The zero-order valence-corrected chi connectivity index (χ0v) is 11.5. The third kappa shape index (κ3) is 3.22. The summed E-state index contributed by atoms with van der Waals surface area (Å²) >= 11 is 3.35. The maximum atomic E-state index is 12.0. The van der Waals surface area contributed by atoms with Crippen LogP contribution in [0.4, 0.5) is 5.69 Å². The lowest BCUT2D eigenvalue weighted by Gasteiger charge is -2.22. The van der Waals surface area contributed by atoms with Crippen molar-refractivity contribution in [2.45, 2.75) is 6.10 Å². The van der Waals surface area contributed by atoms with Crippen LogP contribution in [0.25, 0.3) is 0 Å². The van der Waals surface area contributed by atoms with Crippen molar-refractivity contribution in [1.82, 2.24) is 0 Å². The van der Waals surface area contributed by atoms with Crippen LogP contribution in [0.1, 0.15) is 0 Å². The fourth-order valence-electron chi connectivity index (χ4n) is 1.63. The molecule has 0 radical (unpaired) electrons. The van der Waals surface area contributed by atoms with Crippen LogP contribution in [0.3, 0.4) is 0 Å². The van der Waals surface area contributed by atoms with Crippen molar-refractivity contribution < 1.29 is 19.0 Å². The van der Waals surface area contributed by atoms with E-state index < -0.39 is 6.10 Å². The number of halogens is 1. The molecule has 1 aliphatic heterocycles. The van der Waals surface area contributed by atoms with E-state index in [0.29, 0.717) is 24.7 Å². The van der Waals surface area contributed by atoms with Crippen molar-refractivity contribution in [3.8, 4) is 5.75 Å². The number of rotatable bonds is 3. The normalized spacial score (nSPS) is 19.3. The Bertz CT molecular complexity index is 432. The minimum atomic E-state index is -0.567. The Kier molecular flexibility index (Phi) is 4.57. The van der Waals surface area contributed by atoms with Crippen LogP contribution in [-0.4, -0.2) is 38.9 Å². The van der Waals surface area contributed by atoms with Crippen molar-refractivity contribution in [2.24, 2.45) is 0 Å². The summed E-state index contributed by atoms with van der Waals surface area (Å²) in [6, 6.07) is 5.40. The predicted molar refractivity (Wildman–Crippen MR) is 69.9 cm³/mol. The lowest BCUT2D eigenvalue weighted by molar-refractivity contribution is -0.142. The summed E-state index contributed by atoms with van der Waals surface area (Å²) in [5.41, 5.74) is 0.603. The Balaban J connectivity index is 2.07. The molecule has 1 aromatic carbocycles. The number of anilines is 1. The Morgan fingerprint density at radius 1 is 1.50 bits per heavy atom. The van der Waals surface area contributed by atoms with E-state index >= 15 is 0 Å². The first-order chi connectivity index (χ1) is 8.70. The molecular formula is C12H14BrNO4. The highest BCUT2D eigenvalue weighted by Crippen LogP contribution is 2.28. The first kappa shape index (κ1) is 13.3. The molecule has 0 bridgehead atoms. The molecule has 1 aliphatic rings. The lowest BCUT2D eigenvalue weighted by atomic mass is 10.2. The summed E-state index contributed by atoms with van der Waals surface area (Å²) < 4.78 is 16.6. The van der Waals surface area contributed by atoms with Gasteiger partial charge in [-0.15, -0.1) is 0 Å². The fraction of sp³-hybridized carbons (Fsp3) is 0.417. The molecule has 18 heavy (non-hydrogen) atoms. The van der Waals surface area contributed by atoms with Crippen molar-refractivity contribution in [3.63, 3.8) is 0 Å². The molecule has 0 saturated carbocycles. The van der Waals surface area contributed by atoms with Crippen LogP contribution >= 0.6 is 15.9 Å². The molecule has 1 fully saturated rings. The van der Waals surface area contributed by atoms with E-state index in [2.05, 4.69) is 21.2 Å². The third-order valence-corrected chi connectivity index (χ3v) is 3.02. The van der Waals surface area contributed by atoms with Crippen molar-refractivity contribution in [3.05, 3.63) is 22.7 Å². The van der Waals surface area contributed by atoms with Gasteiger partial charge in [0.15, 0.2) is 6.10 Å². The van der Waals surface area contributed by atoms with Gasteiger partial charge in [0.25, 0.3) is 5.91 Å². The van der Waals surface area contributed by atoms with Gasteiger partial charge in [0, 0.05) is 4.47 Å². The molecule has 6 heteroatoms. The molecule has 1 heterocycles. The minimum absolute atomic E-state index is 0.230. The average molecular weight is 316 g/mol. The molecule has 5 nitrogen and oxygen atoms in total. The van der Waals surface area contributed by atoms with Crippen LogP contribution in [0.2, 0.25) is 0 Å². The van der Waals surface area contributed by atoms with E-state index in [-0.39, 0.29) is 12.5 Å². The number of ether oxygens (including phenoxy) is 3. The van der Waals surface area contributed by atoms with E-state index in [1.165, 1.54) is 0 Å². The van der Waals surface area contributed by atoms with Crippen molar-refractivity contribution in [2.75, 3.05) is 32.2 Å². The summed E-state index contributed by atoms with van der Waals surface area (Å²) in [4.78, 5) is 12.0. The average Bonchev–Trinajstić information content (AvgIpc) is 2.40. The van der Waals surface area contributed by atoms with Gasteiger partial charge in [-0.3, -0.25) is 4.79 Å². The second-order valence-corrected chi connectivity index (χ2v) is 4.68. The minimum Gasteiger partial charge on any atom is -0.495 e. The first-order valence-electron chi connectivity index (χ1n) is 5.54. The second-order valence-electron chi connectivity index (χ2n) is 3.77. The van der Waals surface area contributed by atoms with Gasteiger partial charge in [-0.2, -0.15) is 0 Å². The maximum Gasteiger partial charge on any atom is 0.256 e. The van der Waals surface area contributed by atoms with Gasteiger partial charge >= 0.3 is 0 Å². The highest BCUT2D eigenvalue weighted by atomic mass is 79.9. The lowest BCUT2D eigenvalue weighted by Crippen LogP contribution is -2.39. The van der Waals surface area contributed by atoms with Gasteiger partial charge in [-0.05, 0) is 18.2 Å². The molecule has 0 spiro atoms. The number of methoxy groups -OCH3 is 1. The van der Waals surface area contributed by atoms with Crippen molar-refractivity contribution >= 4 is 27.5 Å². The van der Waals surface area contributed by atoms with E-state index in [1.54, 1.807) is 19.2 Å². The third-order valence-electron chi connectivity index (χ3n) is 2.53. The predicted octanol–water partition coefficient (Wildman–Crippen LogP) is 1.81. The SMILES string of the molecule is COc1ccc(Br)cc1NC(=O)C1COCCO1. The number of hydrogen-bond donors (Lipinski definition) is 1. The quantitative estimate of drug-likeness (QED) is 0.924. The molecule has 2 rings (SSSR count). The van der Waals surface area contributed by atoms with Gasteiger partial charge in [0.2, 0.25) is 0 Å². The Morgan fingerprint density at radius 3 is 3.00 bits per heavy atom. The molecule has 1 amide bonds. The molecule has 1 N–H and O–H groups in total. The number of nitrogens with one attached hydrogen (secondary N) is 1. The molecule has 1 atom stereocenters. The number of amides is 1. The molecule has 1 unspecified atom stereocenters. The Morgan fingerprint density at radius 2 is 2.33 bits per heavy atom. The summed E-state index contributed by atoms with van der Waals surface area (Å²) in [6.45, 7) is 1.25. The van der Waals surface area contributed by atoms with Gasteiger partial charge < -0.3 is 19.5 Å². The van der Waals surface area contributed by atoms with E-state index in [9.17, 15) is 4.79 Å². The standard InChI is InChI=1S/C12H14BrNO4/c1-16-10-3-2-8(13)6-9(10)14-12(15)11-7-17-4-5-18-11/h2-3,6,11H,4-5,7H2,1H3,(H,14,15).